The van der Waals surface area contributed by atoms with Crippen LogP contribution in [0.2, 0.25) is 0 Å². The highest BCUT2D eigenvalue weighted by atomic mass is 16.3. The molecule has 1 aromatic carbocycles. The van der Waals surface area contributed by atoms with Gasteiger partial charge in [-0.1, -0.05) is 13.8 Å². The molecule has 6 heteroatoms. The summed E-state index contributed by atoms with van der Waals surface area (Å²) in [5.41, 5.74) is 10.5. The minimum Gasteiger partial charge on any atom is -0.393 e. The van der Waals surface area contributed by atoms with Gasteiger partial charge in [0.2, 0.25) is 0 Å². The highest BCUT2D eigenvalue weighted by Gasteiger charge is 2.35. The maximum absolute atomic E-state index is 12.8. The van der Waals surface area contributed by atoms with Crippen molar-refractivity contribution in [3.63, 3.8) is 0 Å². The van der Waals surface area contributed by atoms with E-state index in [-0.39, 0.29) is 23.3 Å². The third kappa shape index (κ3) is 3.88. The number of aliphatic hydroxyl groups excluding tert-OH is 1. The lowest BCUT2D eigenvalue weighted by Crippen LogP contribution is -2.29. The van der Waals surface area contributed by atoms with Gasteiger partial charge in [0, 0.05) is 41.3 Å². The molecule has 4 N–H and O–H groups in total. The van der Waals surface area contributed by atoms with Crippen LogP contribution in [0.25, 0.3) is 5.69 Å². The highest BCUT2D eigenvalue weighted by Crippen LogP contribution is 2.38. The topological polar surface area (TPSA) is 97.3 Å². The zero-order valence-corrected chi connectivity index (χ0v) is 18.0. The fourth-order valence-electron chi connectivity index (χ4n) is 4.96. The number of nitrogens with one attached hydrogen (secondary N) is 1. The summed E-state index contributed by atoms with van der Waals surface area (Å²) in [7, 11) is 0. The van der Waals surface area contributed by atoms with Crippen LogP contribution in [0.5, 0.6) is 0 Å². The predicted octanol–water partition coefficient (Wildman–Crippen LogP) is 3.76. The summed E-state index contributed by atoms with van der Waals surface area (Å²) < 4.78 is 2.09. The van der Waals surface area contributed by atoms with Crippen molar-refractivity contribution in [2.75, 3.05) is 5.32 Å². The van der Waals surface area contributed by atoms with E-state index in [0.29, 0.717) is 17.7 Å². The summed E-state index contributed by atoms with van der Waals surface area (Å²) in [6.07, 6.45) is 6.38. The number of aryl methyl sites for hydroxylation is 1. The molecule has 1 heterocycles. The molecule has 0 unspecified atom stereocenters. The lowest BCUT2D eigenvalue weighted by molar-refractivity contribution is 0.0909. The fourth-order valence-corrected chi connectivity index (χ4v) is 4.96. The van der Waals surface area contributed by atoms with Crippen LogP contribution >= 0.6 is 0 Å². The highest BCUT2D eigenvalue weighted by molar-refractivity contribution is 6.01. The second kappa shape index (κ2) is 7.58. The third-order valence-electron chi connectivity index (χ3n) is 6.46. The van der Waals surface area contributed by atoms with E-state index in [1.54, 1.807) is 6.07 Å². The Balaban J connectivity index is 1.73. The number of nitrogens with zero attached hydrogens (tertiary/aromatic N) is 1. The Morgan fingerprint density at radius 3 is 2.57 bits per heavy atom. The van der Waals surface area contributed by atoms with Crippen molar-refractivity contribution in [3.8, 4) is 5.69 Å². The normalized spacial score (nSPS) is 23.1. The molecule has 2 aliphatic carbocycles. The van der Waals surface area contributed by atoms with Crippen molar-refractivity contribution >= 4 is 17.4 Å². The second-order valence-electron chi connectivity index (χ2n) is 9.69. The lowest BCUT2D eigenvalue weighted by atomic mass is 9.75. The molecule has 30 heavy (non-hydrogen) atoms. The minimum absolute atomic E-state index is 0.0796. The van der Waals surface area contributed by atoms with Gasteiger partial charge in [0.15, 0.2) is 5.78 Å². The number of rotatable bonds is 4. The standard InChI is InChI=1S/C24H31N3O3/c1-14-13-27(20-11-24(2,3)12-21(29)22(14)20)16-6-9-18(23(25)30)19(10-16)26-15-4-7-17(28)8-5-15/h6,9-10,13,15,17,26,28H,4-5,7-8,11-12H2,1-3H3,(H2,25,30)/t15-,17-. The van der Waals surface area contributed by atoms with Crippen molar-refractivity contribution in [1.82, 2.24) is 4.57 Å². The Morgan fingerprint density at radius 2 is 1.90 bits per heavy atom. The molecular formula is C24H31N3O3. The van der Waals surface area contributed by atoms with Crippen LogP contribution in [-0.4, -0.2) is 33.5 Å². The van der Waals surface area contributed by atoms with Crippen LogP contribution in [-0.2, 0) is 6.42 Å². The Morgan fingerprint density at radius 1 is 1.20 bits per heavy atom. The van der Waals surface area contributed by atoms with Crippen LogP contribution in [0.1, 0.15) is 77.9 Å². The Bertz CT molecular complexity index is 997. The predicted molar refractivity (Wildman–Crippen MR) is 117 cm³/mol. The van der Waals surface area contributed by atoms with Gasteiger partial charge in [-0.3, -0.25) is 9.59 Å². The maximum Gasteiger partial charge on any atom is 0.250 e. The summed E-state index contributed by atoms with van der Waals surface area (Å²) >= 11 is 0. The van der Waals surface area contributed by atoms with Gasteiger partial charge in [0.25, 0.3) is 5.91 Å². The number of aliphatic hydroxyl groups is 1. The first kappa shape index (κ1) is 20.7. The number of nitrogens with two attached hydrogens (primary N) is 1. The van der Waals surface area contributed by atoms with E-state index in [2.05, 4.69) is 23.7 Å². The molecule has 0 aliphatic heterocycles. The molecule has 0 bridgehead atoms. The van der Waals surface area contributed by atoms with Crippen LogP contribution < -0.4 is 11.1 Å². The first-order chi connectivity index (χ1) is 14.1. The monoisotopic (exact) mass is 409 g/mol. The summed E-state index contributed by atoms with van der Waals surface area (Å²) in [6, 6.07) is 5.80. The number of anilines is 1. The zero-order chi connectivity index (χ0) is 21.6. The first-order valence-electron chi connectivity index (χ1n) is 10.8. The van der Waals surface area contributed by atoms with Crippen molar-refractivity contribution in [2.24, 2.45) is 11.1 Å². The fraction of sp³-hybridized carbons (Fsp3) is 0.500. The van der Waals surface area contributed by atoms with Gasteiger partial charge in [-0.05, 0) is 68.2 Å². The van der Waals surface area contributed by atoms with Gasteiger partial charge < -0.3 is 20.7 Å². The summed E-state index contributed by atoms with van der Waals surface area (Å²) in [5, 5.41) is 13.3. The van der Waals surface area contributed by atoms with Crippen LogP contribution in [0.4, 0.5) is 5.69 Å². The lowest BCUT2D eigenvalue weighted by Gasteiger charge is -2.30. The first-order valence-corrected chi connectivity index (χ1v) is 10.8. The molecule has 0 saturated heterocycles. The van der Waals surface area contributed by atoms with E-state index in [0.717, 1.165) is 54.6 Å². The Labute approximate surface area is 177 Å². The van der Waals surface area contributed by atoms with E-state index in [9.17, 15) is 14.7 Å². The SMILES string of the molecule is Cc1cn(-c2ccc(C(N)=O)c(N[C@H]3CC[C@H](O)CC3)c2)c2c1C(=O)CC(C)(C)C2. The third-order valence-corrected chi connectivity index (χ3v) is 6.46. The van der Waals surface area contributed by atoms with Gasteiger partial charge in [0.05, 0.1) is 11.7 Å². The number of benzene rings is 1. The van der Waals surface area contributed by atoms with Gasteiger partial charge in [0.1, 0.15) is 0 Å². The number of amides is 1. The largest absolute Gasteiger partial charge is 0.393 e. The van der Waals surface area contributed by atoms with E-state index < -0.39 is 5.91 Å². The number of aromatic nitrogens is 1. The van der Waals surface area contributed by atoms with Crippen LogP contribution in [0.15, 0.2) is 24.4 Å². The van der Waals surface area contributed by atoms with Gasteiger partial charge in [-0.15, -0.1) is 0 Å². The quantitative estimate of drug-likeness (QED) is 0.716. The molecule has 2 aromatic rings. The number of hydrogen-bond acceptors (Lipinski definition) is 4. The Hall–Kier alpha value is -2.60. The summed E-state index contributed by atoms with van der Waals surface area (Å²) in [6.45, 7) is 6.23. The van der Waals surface area contributed by atoms with Crippen molar-refractivity contribution < 1.29 is 14.7 Å². The number of primary amides is 1. The van der Waals surface area contributed by atoms with E-state index >= 15 is 0 Å². The van der Waals surface area contributed by atoms with Crippen molar-refractivity contribution in [3.05, 3.63) is 46.8 Å². The zero-order valence-electron chi connectivity index (χ0n) is 18.0. The van der Waals surface area contributed by atoms with E-state index in [1.165, 1.54) is 0 Å². The van der Waals surface area contributed by atoms with Crippen molar-refractivity contribution in [1.29, 1.82) is 0 Å². The number of ketones is 1. The molecule has 4 rings (SSSR count). The molecule has 1 fully saturated rings. The summed E-state index contributed by atoms with van der Waals surface area (Å²) in [5.74, 6) is -0.271. The van der Waals surface area contributed by atoms with Gasteiger partial charge >= 0.3 is 0 Å². The maximum atomic E-state index is 12.8. The number of carbonyl (C=O) groups excluding carboxylic acids is 2. The minimum atomic E-state index is -0.470. The number of Topliss-reactive ketones (excluding diaryl/α,β-unsaturated/α-hetero) is 1. The van der Waals surface area contributed by atoms with E-state index in [4.69, 9.17) is 5.73 Å². The molecule has 0 spiro atoms. The van der Waals surface area contributed by atoms with Crippen LogP contribution in [0.3, 0.4) is 0 Å². The molecule has 6 nitrogen and oxygen atoms in total. The Kier molecular flexibility index (Phi) is 5.22. The molecule has 1 saturated carbocycles. The second-order valence-corrected chi connectivity index (χ2v) is 9.69. The smallest absolute Gasteiger partial charge is 0.250 e. The molecule has 1 aromatic heterocycles. The van der Waals surface area contributed by atoms with Gasteiger partial charge in [-0.25, -0.2) is 0 Å². The van der Waals surface area contributed by atoms with Gasteiger partial charge in [-0.2, -0.15) is 0 Å². The van der Waals surface area contributed by atoms with Crippen molar-refractivity contribution in [2.45, 2.75) is 71.4 Å². The number of hydrogen-bond donors (Lipinski definition) is 3. The van der Waals surface area contributed by atoms with E-state index in [1.807, 2.05) is 25.3 Å². The molecule has 1 amide bonds. The van der Waals surface area contributed by atoms with Crippen LogP contribution in [0, 0.1) is 12.3 Å². The average molecular weight is 410 g/mol. The average Bonchev–Trinajstić information content (AvgIpc) is 2.98. The molecule has 0 radical (unpaired) electrons. The molecule has 2 aliphatic rings. The molecule has 160 valence electrons. The molecule has 0 atom stereocenters. The number of fused-ring (bicyclic) bond motifs is 1. The summed E-state index contributed by atoms with van der Waals surface area (Å²) in [4.78, 5) is 24.8. The molecular weight excluding hydrogens is 378 g/mol. The number of carbonyl (C=O) groups is 2.